The zero-order chi connectivity index (χ0) is 12.0. The maximum atomic E-state index is 13.2. The molecule has 0 atom stereocenters. The molecule has 95 valence electrons. The van der Waals surface area contributed by atoms with Crippen LogP contribution >= 0.6 is 21.5 Å². The van der Waals surface area contributed by atoms with Gasteiger partial charge in [0.2, 0.25) is 29.1 Å². The van der Waals surface area contributed by atoms with Crippen LogP contribution in [0.25, 0.3) is 0 Å². The number of hydrogen-bond donors (Lipinski definition) is 0. The van der Waals surface area contributed by atoms with E-state index in [0.717, 1.165) is 0 Å². The van der Waals surface area contributed by atoms with Crippen molar-refractivity contribution >= 4 is 26.8 Å². The number of benzene rings is 1. The van der Waals surface area contributed by atoms with Crippen LogP contribution in [0.3, 0.4) is 0 Å². The van der Waals surface area contributed by atoms with E-state index in [2.05, 4.69) is 15.5 Å². The first-order valence-electron chi connectivity index (χ1n) is 3.73. The normalized spacial score (nSPS) is 11.2. The zero-order valence-corrected chi connectivity index (χ0v) is 12.7. The second-order valence-electron chi connectivity index (χ2n) is 3.24. The Balaban J connectivity index is 0.00000225. The van der Waals surface area contributed by atoms with Gasteiger partial charge in [0.25, 0.3) is 0 Å². The third-order valence-electron chi connectivity index (χ3n) is 1.72. The summed E-state index contributed by atoms with van der Waals surface area (Å²) in [5, 5.41) is -0.765. The van der Waals surface area contributed by atoms with Crippen molar-refractivity contribution in [1.82, 2.24) is 0 Å². The average Bonchev–Trinajstić information content (AvgIpc) is 2.09. The van der Waals surface area contributed by atoms with E-state index in [4.69, 9.17) is 0 Å². The van der Waals surface area contributed by atoms with Gasteiger partial charge in [0, 0.05) is 22.4 Å². The molecule has 8 heteroatoms. The molecule has 0 amide bonds. The molecule has 0 saturated heterocycles. The monoisotopic (exact) mass is 504 g/mol. The maximum Gasteiger partial charge on any atom is 0.207 e. The van der Waals surface area contributed by atoms with E-state index in [9.17, 15) is 22.0 Å². The Labute approximate surface area is 113 Å². The Bertz CT molecular complexity index is 389. The third kappa shape index (κ3) is 2.85. The third-order valence-corrected chi connectivity index (χ3v) is 4.24. The van der Waals surface area contributed by atoms with E-state index in [-0.39, 0.29) is 22.4 Å². The first-order valence-corrected chi connectivity index (χ1v) is 8.43. The second-order valence-corrected chi connectivity index (χ2v) is 11.6. The van der Waals surface area contributed by atoms with E-state index in [0.29, 0.717) is 0 Å². The summed E-state index contributed by atoms with van der Waals surface area (Å²) < 4.78 is 64.5. The van der Waals surface area contributed by atoms with Crippen LogP contribution in [-0.2, 0) is 22.4 Å². The van der Waals surface area contributed by atoms with Gasteiger partial charge in [0.15, 0.2) is 5.30 Å². The Morgan fingerprint density at radius 3 is 1.25 bits per heavy atom. The van der Waals surface area contributed by atoms with Crippen LogP contribution in [0.15, 0.2) is 0 Å². The molecule has 1 radical (unpaired) electrons. The summed E-state index contributed by atoms with van der Waals surface area (Å²) in [7, 11) is 0. The zero-order valence-electron chi connectivity index (χ0n) is 8.02. The van der Waals surface area contributed by atoms with Gasteiger partial charge >= 0.3 is 0 Å². The number of halogens is 6. The maximum absolute atomic E-state index is 13.2. The second kappa shape index (κ2) is 5.44. The molecule has 1 aromatic rings. The predicted molar refractivity (Wildman–Crippen MR) is 53.6 cm³/mol. The summed E-state index contributed by atoms with van der Waals surface area (Å²) in [5.41, 5.74) is 0. The van der Waals surface area contributed by atoms with Gasteiger partial charge in [0.1, 0.15) is 21.5 Å². The number of rotatable bonds is 1. The minimum atomic E-state index is -2.50. The molecular weight excluding hydrogens is 499 g/mol. The summed E-state index contributed by atoms with van der Waals surface area (Å²) in [6.45, 7) is 2.79. The molecule has 0 saturated carbocycles. The van der Waals surface area contributed by atoms with E-state index < -0.39 is 40.4 Å². The molecule has 0 aromatic heterocycles. The molecule has 0 aliphatic heterocycles. The summed E-state index contributed by atoms with van der Waals surface area (Å²) in [6.07, 6.45) is 0. The predicted octanol–water partition coefficient (Wildman–Crippen LogP) is 3.59. The summed E-state index contributed by atoms with van der Waals surface area (Å²) in [5.74, 6) is -12.0. The van der Waals surface area contributed by atoms with Crippen LogP contribution < -0.4 is 5.30 Å². The molecule has 0 N–H and O–H groups in total. The van der Waals surface area contributed by atoms with Gasteiger partial charge in [-0.1, -0.05) is 0 Å². The smallest absolute Gasteiger partial charge is 0.200 e. The van der Waals surface area contributed by atoms with Crippen molar-refractivity contribution in [2.45, 2.75) is 0 Å². The van der Waals surface area contributed by atoms with Gasteiger partial charge in [-0.15, -0.1) is 0 Å². The van der Waals surface area contributed by atoms with Crippen molar-refractivity contribution < 1.29 is 44.3 Å². The van der Waals surface area contributed by atoms with Crippen LogP contribution in [0.1, 0.15) is 0 Å². The van der Waals surface area contributed by atoms with E-state index in [1.807, 2.05) is 0 Å². The SMILES string of the molecule is C[P+](C)(Br)c1c(F)c(F)c(F)c(F)c1F.[Au]. The average molecular weight is 505 g/mol. The van der Waals surface area contributed by atoms with Crippen molar-refractivity contribution in [2.24, 2.45) is 0 Å². The van der Waals surface area contributed by atoms with Crippen LogP contribution in [0.4, 0.5) is 22.0 Å². The van der Waals surface area contributed by atoms with Crippen molar-refractivity contribution in [3.63, 3.8) is 0 Å². The van der Waals surface area contributed by atoms with Gasteiger partial charge in [-0.05, 0) is 0 Å². The minimum absolute atomic E-state index is 0. The number of hydrogen-bond acceptors (Lipinski definition) is 0. The largest absolute Gasteiger partial charge is 0.207 e. The fourth-order valence-electron chi connectivity index (χ4n) is 1.06. The van der Waals surface area contributed by atoms with Crippen molar-refractivity contribution in [1.29, 1.82) is 0 Å². The molecule has 16 heavy (non-hydrogen) atoms. The standard InChI is InChI=1S/C8H6BrF5P.Au/c1-15(2,9)8-6(13)4(11)3(10)5(12)7(8)14;/h1-2H3;/q+1;. The quantitative estimate of drug-likeness (QED) is 0.180. The summed E-state index contributed by atoms with van der Waals surface area (Å²) in [6, 6.07) is 0. The fraction of sp³-hybridized carbons (Fsp3) is 0.250. The summed E-state index contributed by atoms with van der Waals surface area (Å²) >= 11 is 2.96. The Morgan fingerprint density at radius 2 is 1.00 bits per heavy atom. The van der Waals surface area contributed by atoms with Crippen LogP contribution in [0.5, 0.6) is 0 Å². The van der Waals surface area contributed by atoms with Crippen molar-refractivity contribution in [3.05, 3.63) is 29.1 Å². The molecule has 1 aromatic carbocycles. The van der Waals surface area contributed by atoms with Gasteiger partial charge in [-0.3, -0.25) is 0 Å². The van der Waals surface area contributed by atoms with Crippen LogP contribution in [0, 0.1) is 29.1 Å². The van der Waals surface area contributed by atoms with Crippen LogP contribution in [0.2, 0.25) is 0 Å². The fourth-order valence-corrected chi connectivity index (χ4v) is 3.12. The molecule has 0 aliphatic rings. The van der Waals surface area contributed by atoms with Crippen molar-refractivity contribution in [3.8, 4) is 0 Å². The topological polar surface area (TPSA) is 0 Å². The molecule has 0 unspecified atom stereocenters. The minimum Gasteiger partial charge on any atom is -0.200 e. The van der Waals surface area contributed by atoms with Crippen molar-refractivity contribution in [2.75, 3.05) is 13.3 Å². The molecule has 0 spiro atoms. The molecule has 0 nitrogen and oxygen atoms in total. The molecular formula is C8H6AuBrF5P+. The van der Waals surface area contributed by atoms with Gasteiger partial charge in [0.05, 0.1) is 13.3 Å². The van der Waals surface area contributed by atoms with Gasteiger partial charge in [-0.25, -0.2) is 13.2 Å². The Kier molecular flexibility index (Phi) is 5.62. The Hall–Kier alpha value is 0.520. The summed E-state index contributed by atoms with van der Waals surface area (Å²) in [4.78, 5) is 0. The first kappa shape index (κ1) is 16.5. The molecule has 0 bridgehead atoms. The van der Waals surface area contributed by atoms with E-state index in [1.165, 1.54) is 13.3 Å². The molecule has 0 fully saturated rings. The molecule has 0 aliphatic carbocycles. The molecule has 0 heterocycles. The van der Waals surface area contributed by atoms with Gasteiger partial charge < -0.3 is 0 Å². The van der Waals surface area contributed by atoms with Gasteiger partial charge in [-0.2, -0.15) is 8.78 Å². The molecule has 1 rings (SSSR count). The first-order chi connectivity index (χ1) is 6.68. The Morgan fingerprint density at radius 1 is 0.750 bits per heavy atom. The van der Waals surface area contributed by atoms with E-state index in [1.54, 1.807) is 0 Å². The van der Waals surface area contributed by atoms with Crippen LogP contribution in [-0.4, -0.2) is 13.3 Å². The van der Waals surface area contributed by atoms with E-state index >= 15 is 0 Å².